The van der Waals surface area contributed by atoms with Crippen LogP contribution in [0.15, 0.2) is 18.2 Å². The van der Waals surface area contributed by atoms with Crippen LogP contribution in [0.4, 0.5) is 11.4 Å². The zero-order chi connectivity index (χ0) is 13.3. The predicted molar refractivity (Wildman–Crippen MR) is 73.7 cm³/mol. The number of nitrogen functional groups attached to an aromatic ring is 1. The zero-order valence-corrected chi connectivity index (χ0v) is 10.9. The topological polar surface area (TPSA) is 75.6 Å². The van der Waals surface area contributed by atoms with E-state index in [1.807, 2.05) is 0 Å². The number of benzene rings is 1. The number of rotatable bonds is 3. The summed E-state index contributed by atoms with van der Waals surface area (Å²) in [5.41, 5.74) is 13.4. The monoisotopic (exact) mass is 248 g/mol. The van der Waals surface area contributed by atoms with Crippen LogP contribution in [0.25, 0.3) is 0 Å². The van der Waals surface area contributed by atoms with E-state index >= 15 is 0 Å². The Morgan fingerprint density at radius 1 is 1.44 bits per heavy atom. The Balaban J connectivity index is 2.23. The number of primary amides is 1. The Morgan fingerprint density at radius 3 is 2.72 bits per heavy atom. The smallest absolute Gasteiger partial charge is 0.248 e. The first-order valence-electron chi connectivity index (χ1n) is 6.09. The maximum atomic E-state index is 11.2. The molecule has 18 heavy (non-hydrogen) atoms. The van der Waals surface area contributed by atoms with Gasteiger partial charge in [-0.05, 0) is 38.7 Å². The molecule has 0 radical (unpaired) electrons. The summed E-state index contributed by atoms with van der Waals surface area (Å²) in [6, 6.07) is 5.73. The number of amides is 1. The van der Waals surface area contributed by atoms with Crippen LogP contribution in [0.1, 0.15) is 16.8 Å². The van der Waals surface area contributed by atoms with Gasteiger partial charge in [-0.1, -0.05) is 0 Å². The summed E-state index contributed by atoms with van der Waals surface area (Å²) in [7, 11) is 4.16. The fourth-order valence-corrected chi connectivity index (χ4v) is 2.35. The van der Waals surface area contributed by atoms with Gasteiger partial charge in [-0.25, -0.2) is 0 Å². The van der Waals surface area contributed by atoms with Gasteiger partial charge in [-0.2, -0.15) is 0 Å². The Bertz CT molecular complexity index is 458. The van der Waals surface area contributed by atoms with Gasteiger partial charge >= 0.3 is 0 Å². The van der Waals surface area contributed by atoms with Crippen LogP contribution in [0, 0.1) is 0 Å². The number of likely N-dealkylation sites (N-methyl/N-ethyl adjacent to an activating group) is 1. The molecule has 1 saturated heterocycles. The number of nitrogens with two attached hydrogens (primary N) is 2. The second-order valence-electron chi connectivity index (χ2n) is 4.99. The lowest BCUT2D eigenvalue weighted by Gasteiger charge is -2.23. The highest BCUT2D eigenvalue weighted by molar-refractivity contribution is 5.95. The minimum Gasteiger partial charge on any atom is -0.397 e. The highest BCUT2D eigenvalue weighted by Crippen LogP contribution is 2.28. The molecule has 0 aliphatic carbocycles. The van der Waals surface area contributed by atoms with Crippen LogP contribution >= 0.6 is 0 Å². The molecule has 1 aromatic carbocycles. The fourth-order valence-electron chi connectivity index (χ4n) is 2.35. The lowest BCUT2D eigenvalue weighted by molar-refractivity contribution is 0.100. The molecule has 0 bridgehead atoms. The second-order valence-corrected chi connectivity index (χ2v) is 4.99. The summed E-state index contributed by atoms with van der Waals surface area (Å²) in [5, 5.41) is 0. The summed E-state index contributed by atoms with van der Waals surface area (Å²) in [5.74, 6) is -0.417. The van der Waals surface area contributed by atoms with E-state index < -0.39 is 5.91 Å². The average molecular weight is 248 g/mol. The van der Waals surface area contributed by atoms with Crippen molar-refractivity contribution >= 4 is 17.3 Å². The molecule has 5 nitrogen and oxygen atoms in total. The third kappa shape index (κ3) is 2.41. The van der Waals surface area contributed by atoms with Gasteiger partial charge in [0.15, 0.2) is 0 Å². The third-order valence-electron chi connectivity index (χ3n) is 3.55. The van der Waals surface area contributed by atoms with Crippen LogP contribution in [-0.4, -0.2) is 44.0 Å². The van der Waals surface area contributed by atoms with Gasteiger partial charge in [-0.3, -0.25) is 4.79 Å². The second kappa shape index (κ2) is 4.86. The molecular weight excluding hydrogens is 228 g/mol. The van der Waals surface area contributed by atoms with E-state index in [4.69, 9.17) is 11.5 Å². The molecular formula is C13H20N4O. The first kappa shape index (κ1) is 12.7. The van der Waals surface area contributed by atoms with Crippen molar-refractivity contribution in [3.05, 3.63) is 23.8 Å². The van der Waals surface area contributed by atoms with E-state index in [1.54, 1.807) is 18.2 Å². The molecule has 1 amide bonds. The third-order valence-corrected chi connectivity index (χ3v) is 3.55. The van der Waals surface area contributed by atoms with Crippen LogP contribution in [0.3, 0.4) is 0 Å². The summed E-state index contributed by atoms with van der Waals surface area (Å²) in [6.07, 6.45) is 1.10. The van der Waals surface area contributed by atoms with Crippen molar-refractivity contribution in [2.75, 3.05) is 37.8 Å². The molecule has 1 fully saturated rings. The lowest BCUT2D eigenvalue weighted by Crippen LogP contribution is -2.31. The number of carbonyl (C=O) groups is 1. The summed E-state index contributed by atoms with van der Waals surface area (Å²) >= 11 is 0. The molecule has 98 valence electrons. The van der Waals surface area contributed by atoms with Crippen molar-refractivity contribution < 1.29 is 4.79 Å². The standard InChI is InChI=1S/C13H20N4O/c1-16(2)10-5-6-17(8-10)12-7-9(13(15)18)3-4-11(12)14/h3-4,7,10H,5-6,8,14H2,1-2H3,(H2,15,18). The molecule has 1 aromatic rings. The van der Waals surface area contributed by atoms with Gasteiger partial charge < -0.3 is 21.3 Å². The normalized spacial score (nSPS) is 19.5. The summed E-state index contributed by atoms with van der Waals surface area (Å²) in [4.78, 5) is 15.6. The highest BCUT2D eigenvalue weighted by Gasteiger charge is 2.25. The van der Waals surface area contributed by atoms with Crippen molar-refractivity contribution in [3.8, 4) is 0 Å². The largest absolute Gasteiger partial charge is 0.397 e. The van der Waals surface area contributed by atoms with Gasteiger partial charge in [0.1, 0.15) is 0 Å². The van der Waals surface area contributed by atoms with Crippen molar-refractivity contribution in [2.24, 2.45) is 5.73 Å². The Kier molecular flexibility index (Phi) is 3.43. The lowest BCUT2D eigenvalue weighted by atomic mass is 10.1. The Hall–Kier alpha value is -1.75. The van der Waals surface area contributed by atoms with Crippen molar-refractivity contribution in [1.82, 2.24) is 4.90 Å². The van der Waals surface area contributed by atoms with Crippen molar-refractivity contribution in [3.63, 3.8) is 0 Å². The van der Waals surface area contributed by atoms with E-state index in [0.717, 1.165) is 25.2 Å². The van der Waals surface area contributed by atoms with Crippen LogP contribution in [0.5, 0.6) is 0 Å². The number of nitrogens with zero attached hydrogens (tertiary/aromatic N) is 2. The number of anilines is 2. The van der Waals surface area contributed by atoms with Crippen LogP contribution in [-0.2, 0) is 0 Å². The Labute approximate surface area is 107 Å². The molecule has 1 aliphatic heterocycles. The van der Waals surface area contributed by atoms with Crippen LogP contribution < -0.4 is 16.4 Å². The van der Waals surface area contributed by atoms with Crippen molar-refractivity contribution in [1.29, 1.82) is 0 Å². The molecule has 1 atom stereocenters. The first-order valence-corrected chi connectivity index (χ1v) is 6.09. The zero-order valence-electron chi connectivity index (χ0n) is 10.9. The maximum absolute atomic E-state index is 11.2. The number of hydrogen-bond acceptors (Lipinski definition) is 4. The SMILES string of the molecule is CN(C)C1CCN(c2cc(C(N)=O)ccc2N)C1. The molecule has 5 heteroatoms. The van der Waals surface area contributed by atoms with Gasteiger partial charge in [-0.15, -0.1) is 0 Å². The molecule has 1 aliphatic rings. The molecule has 2 rings (SSSR count). The number of hydrogen-bond donors (Lipinski definition) is 2. The Morgan fingerprint density at radius 2 is 2.17 bits per heavy atom. The fraction of sp³-hybridized carbons (Fsp3) is 0.462. The molecule has 1 heterocycles. The van der Waals surface area contributed by atoms with E-state index in [-0.39, 0.29) is 0 Å². The molecule has 0 aromatic heterocycles. The average Bonchev–Trinajstić information content (AvgIpc) is 2.78. The summed E-state index contributed by atoms with van der Waals surface area (Å²) in [6.45, 7) is 1.88. The van der Waals surface area contributed by atoms with Gasteiger partial charge in [0.05, 0.1) is 11.4 Å². The van der Waals surface area contributed by atoms with E-state index in [9.17, 15) is 4.79 Å². The highest BCUT2D eigenvalue weighted by atomic mass is 16.1. The quantitative estimate of drug-likeness (QED) is 0.764. The van der Waals surface area contributed by atoms with Crippen molar-refractivity contribution in [2.45, 2.75) is 12.5 Å². The summed E-state index contributed by atoms with van der Waals surface area (Å²) < 4.78 is 0. The van der Waals surface area contributed by atoms with E-state index in [1.165, 1.54) is 0 Å². The molecule has 4 N–H and O–H groups in total. The van der Waals surface area contributed by atoms with Gasteiger partial charge in [0, 0.05) is 24.7 Å². The van der Waals surface area contributed by atoms with Gasteiger partial charge in [0.2, 0.25) is 5.91 Å². The molecule has 1 unspecified atom stereocenters. The molecule has 0 saturated carbocycles. The van der Waals surface area contributed by atoms with E-state index in [2.05, 4.69) is 23.9 Å². The first-order chi connectivity index (χ1) is 8.49. The van der Waals surface area contributed by atoms with Crippen LogP contribution in [0.2, 0.25) is 0 Å². The maximum Gasteiger partial charge on any atom is 0.248 e. The van der Waals surface area contributed by atoms with E-state index in [0.29, 0.717) is 17.3 Å². The number of carbonyl (C=O) groups excluding carboxylic acids is 1. The van der Waals surface area contributed by atoms with Gasteiger partial charge in [0.25, 0.3) is 0 Å². The minimum atomic E-state index is -0.417. The predicted octanol–water partition coefficient (Wildman–Crippen LogP) is 0.508. The minimum absolute atomic E-state index is 0.417. The molecule has 0 spiro atoms.